The third-order valence-electron chi connectivity index (χ3n) is 10.5. The lowest BCUT2D eigenvalue weighted by Gasteiger charge is -2.15. The lowest BCUT2D eigenvalue weighted by atomic mass is 9.90. The van der Waals surface area contributed by atoms with Gasteiger partial charge in [-0.05, 0) is 81.7 Å². The van der Waals surface area contributed by atoms with Gasteiger partial charge in [-0.15, -0.1) is 0 Å². The third-order valence-corrected chi connectivity index (χ3v) is 10.5. The zero-order valence-corrected chi connectivity index (χ0v) is 28.5. The monoisotopic (exact) mass is 675 g/mol. The Balaban J connectivity index is 1.13. The molecule has 0 aliphatic carbocycles. The zero-order chi connectivity index (χ0) is 34.9. The van der Waals surface area contributed by atoms with Gasteiger partial charge < -0.3 is 4.42 Å². The smallest absolute Gasteiger partial charge is 0.143 e. The molecule has 0 spiro atoms. The number of nitrogens with zero attached hydrogens (tertiary/aromatic N) is 3. The lowest BCUT2D eigenvalue weighted by molar-refractivity contribution is 0.673. The molecule has 0 saturated carbocycles. The summed E-state index contributed by atoms with van der Waals surface area (Å²) in [5.41, 5.74) is 13.2. The van der Waals surface area contributed by atoms with Crippen LogP contribution in [-0.2, 0) is 0 Å². The predicted octanol–water partition coefficient (Wildman–Crippen LogP) is 13.1. The number of hydrogen-bond acceptors (Lipinski definition) is 4. The summed E-state index contributed by atoms with van der Waals surface area (Å²) in [6.45, 7) is 0. The molecule has 4 aromatic heterocycles. The normalized spacial score (nSPS) is 11.8. The van der Waals surface area contributed by atoms with Crippen LogP contribution >= 0.6 is 0 Å². The molecule has 0 unspecified atom stereocenters. The molecule has 0 amide bonds. The average molecular weight is 676 g/mol. The van der Waals surface area contributed by atoms with E-state index in [9.17, 15) is 0 Å². The van der Waals surface area contributed by atoms with E-state index in [1.807, 2.05) is 24.5 Å². The Bertz CT molecular complexity index is 3240. The molecule has 0 atom stereocenters. The number of aromatic nitrogens is 3. The Kier molecular flexibility index (Phi) is 6.52. The molecule has 0 bridgehead atoms. The minimum absolute atomic E-state index is 0.858. The van der Waals surface area contributed by atoms with Gasteiger partial charge in [0, 0.05) is 55.8 Å². The van der Waals surface area contributed by atoms with Gasteiger partial charge >= 0.3 is 0 Å². The summed E-state index contributed by atoms with van der Waals surface area (Å²) in [7, 11) is 0. The van der Waals surface area contributed by atoms with Gasteiger partial charge in [-0.1, -0.05) is 115 Å². The Morgan fingerprint density at radius 1 is 0.415 bits per heavy atom. The van der Waals surface area contributed by atoms with Crippen LogP contribution in [0.25, 0.3) is 110 Å². The number of furan rings is 1. The number of benzene rings is 7. The van der Waals surface area contributed by atoms with E-state index >= 15 is 0 Å². The fourth-order valence-electron chi connectivity index (χ4n) is 7.93. The standard InChI is InChI=1S/C49H29N3O/c1-2-8-30(9-3-1)33-19-23-43-35(26-33)20-24-44(52-43)39-21-18-34(37-27-36-16-15-32-11-7-25-50-47(32)48(36)51-29-37)28-42(39)40-13-6-14-45-46(40)41-22-17-31-10-4-5-12-38(31)49(41)53-45/h1-29H. The molecular formula is C49H29N3O. The second kappa shape index (κ2) is 11.7. The molecule has 0 saturated heterocycles. The molecule has 7 aromatic carbocycles. The number of hydrogen-bond donors (Lipinski definition) is 0. The molecule has 4 nitrogen and oxygen atoms in total. The minimum Gasteiger partial charge on any atom is -0.455 e. The molecule has 0 aliphatic heterocycles. The van der Waals surface area contributed by atoms with Gasteiger partial charge in [0.15, 0.2) is 0 Å². The van der Waals surface area contributed by atoms with E-state index < -0.39 is 0 Å². The second-order valence-electron chi connectivity index (χ2n) is 13.6. The van der Waals surface area contributed by atoms with Crippen molar-refractivity contribution in [2.45, 2.75) is 0 Å². The van der Waals surface area contributed by atoms with Gasteiger partial charge in [-0.2, -0.15) is 0 Å². The minimum atomic E-state index is 0.858. The van der Waals surface area contributed by atoms with Gasteiger partial charge in [-0.25, -0.2) is 4.98 Å². The Morgan fingerprint density at radius 3 is 2.15 bits per heavy atom. The molecule has 0 aliphatic rings. The first kappa shape index (κ1) is 29.5. The van der Waals surface area contributed by atoms with E-state index in [-0.39, 0.29) is 0 Å². The van der Waals surface area contributed by atoms with E-state index in [0.29, 0.717) is 0 Å². The first-order valence-electron chi connectivity index (χ1n) is 17.8. The zero-order valence-electron chi connectivity index (χ0n) is 28.5. The first-order chi connectivity index (χ1) is 26.2. The summed E-state index contributed by atoms with van der Waals surface area (Å²) < 4.78 is 6.65. The molecular weight excluding hydrogens is 647 g/mol. The Morgan fingerprint density at radius 2 is 1.19 bits per heavy atom. The maximum atomic E-state index is 6.65. The number of fused-ring (bicyclic) bond motifs is 9. The van der Waals surface area contributed by atoms with Crippen molar-refractivity contribution in [3.8, 4) is 44.6 Å². The van der Waals surface area contributed by atoms with Crippen LogP contribution in [0.2, 0.25) is 0 Å². The van der Waals surface area contributed by atoms with E-state index in [4.69, 9.17) is 14.4 Å². The molecule has 4 heterocycles. The first-order valence-corrected chi connectivity index (χ1v) is 17.8. The van der Waals surface area contributed by atoms with E-state index in [1.165, 1.54) is 11.1 Å². The fraction of sp³-hybridized carbons (Fsp3) is 0. The molecule has 246 valence electrons. The molecule has 53 heavy (non-hydrogen) atoms. The molecule has 11 aromatic rings. The van der Waals surface area contributed by atoms with Gasteiger partial charge in [0.2, 0.25) is 0 Å². The maximum absolute atomic E-state index is 6.65. The van der Waals surface area contributed by atoms with Crippen molar-refractivity contribution < 1.29 is 4.42 Å². The van der Waals surface area contributed by atoms with Crippen LogP contribution in [0.4, 0.5) is 0 Å². The quantitative estimate of drug-likeness (QED) is 0.174. The SMILES string of the molecule is c1ccc(-c2ccc3nc(-c4ccc(-c5cnc6c(ccc7cccnc76)c5)cc4-c4cccc5oc6c7ccccc7ccc6c45)ccc3c2)cc1. The maximum Gasteiger partial charge on any atom is 0.143 e. The summed E-state index contributed by atoms with van der Waals surface area (Å²) in [5.74, 6) is 0. The molecule has 0 radical (unpaired) electrons. The molecule has 4 heteroatoms. The van der Waals surface area contributed by atoms with E-state index in [0.717, 1.165) is 98.9 Å². The van der Waals surface area contributed by atoms with Crippen LogP contribution in [-0.4, -0.2) is 15.0 Å². The van der Waals surface area contributed by atoms with Crippen molar-refractivity contribution in [1.29, 1.82) is 0 Å². The topological polar surface area (TPSA) is 51.8 Å². The Labute approximate surface area is 304 Å². The highest BCUT2D eigenvalue weighted by Crippen LogP contribution is 2.44. The van der Waals surface area contributed by atoms with Crippen LogP contribution < -0.4 is 0 Å². The number of pyridine rings is 3. The van der Waals surface area contributed by atoms with Crippen LogP contribution in [0.15, 0.2) is 181 Å². The van der Waals surface area contributed by atoms with Crippen molar-refractivity contribution in [1.82, 2.24) is 15.0 Å². The van der Waals surface area contributed by atoms with Gasteiger partial charge in [0.1, 0.15) is 11.2 Å². The largest absolute Gasteiger partial charge is 0.455 e. The lowest BCUT2D eigenvalue weighted by Crippen LogP contribution is -1.92. The van der Waals surface area contributed by atoms with Crippen LogP contribution in [0, 0.1) is 0 Å². The van der Waals surface area contributed by atoms with Crippen molar-refractivity contribution in [2.75, 3.05) is 0 Å². The summed E-state index contributed by atoms with van der Waals surface area (Å²) in [6, 6.07) is 57.7. The van der Waals surface area contributed by atoms with Crippen LogP contribution in [0.1, 0.15) is 0 Å². The van der Waals surface area contributed by atoms with Gasteiger partial charge in [-0.3, -0.25) is 9.97 Å². The highest BCUT2D eigenvalue weighted by molar-refractivity contribution is 6.20. The Hall–Kier alpha value is -7.17. The van der Waals surface area contributed by atoms with E-state index in [1.54, 1.807) is 0 Å². The van der Waals surface area contributed by atoms with Crippen molar-refractivity contribution >= 4 is 65.4 Å². The fourth-order valence-corrected chi connectivity index (χ4v) is 7.93. The predicted molar refractivity (Wildman–Crippen MR) is 219 cm³/mol. The second-order valence-corrected chi connectivity index (χ2v) is 13.6. The molecule has 0 N–H and O–H groups in total. The van der Waals surface area contributed by atoms with Crippen LogP contribution in [0.5, 0.6) is 0 Å². The van der Waals surface area contributed by atoms with Crippen molar-refractivity contribution in [3.05, 3.63) is 176 Å². The van der Waals surface area contributed by atoms with Gasteiger partial charge in [0.05, 0.1) is 22.2 Å². The number of rotatable bonds is 4. The van der Waals surface area contributed by atoms with Crippen molar-refractivity contribution in [3.63, 3.8) is 0 Å². The van der Waals surface area contributed by atoms with E-state index in [2.05, 4.69) is 157 Å². The molecule has 11 rings (SSSR count). The molecule has 0 fully saturated rings. The summed E-state index contributed by atoms with van der Waals surface area (Å²) >= 11 is 0. The summed E-state index contributed by atoms with van der Waals surface area (Å²) in [6.07, 6.45) is 3.79. The summed E-state index contributed by atoms with van der Waals surface area (Å²) in [4.78, 5) is 14.9. The highest BCUT2D eigenvalue weighted by Gasteiger charge is 2.19. The van der Waals surface area contributed by atoms with Gasteiger partial charge in [0.25, 0.3) is 0 Å². The highest BCUT2D eigenvalue weighted by atomic mass is 16.3. The average Bonchev–Trinajstić information content (AvgIpc) is 3.63. The van der Waals surface area contributed by atoms with Crippen molar-refractivity contribution in [2.24, 2.45) is 0 Å². The third kappa shape index (κ3) is 4.80. The van der Waals surface area contributed by atoms with Crippen LogP contribution in [0.3, 0.4) is 0 Å². The summed E-state index contributed by atoms with van der Waals surface area (Å²) in [5, 5.41) is 7.69.